The molecule has 0 aliphatic carbocycles. The van der Waals surface area contributed by atoms with Crippen LogP contribution in [0.25, 0.3) is 0 Å². The molecule has 0 bridgehead atoms. The minimum Gasteiger partial charge on any atom is -0.496 e. The third kappa shape index (κ3) is 2.46. The molecular formula is C16H18ClN3O2. The van der Waals surface area contributed by atoms with E-state index in [1.807, 2.05) is 35.6 Å². The van der Waals surface area contributed by atoms with E-state index in [1.54, 1.807) is 13.2 Å². The number of methoxy groups -OCH3 is 1. The second-order valence-electron chi connectivity index (χ2n) is 5.49. The molecular weight excluding hydrogens is 302 g/mol. The van der Waals surface area contributed by atoms with Gasteiger partial charge in [0.2, 0.25) is 5.28 Å². The second kappa shape index (κ2) is 5.65. The molecule has 22 heavy (non-hydrogen) atoms. The molecule has 116 valence electrons. The molecule has 0 saturated heterocycles. The first kappa shape index (κ1) is 14.9. The molecule has 0 spiro atoms. The Morgan fingerprint density at radius 1 is 1.41 bits per heavy atom. The summed E-state index contributed by atoms with van der Waals surface area (Å²) in [4.78, 5) is 18.9. The number of imidazole rings is 1. The summed E-state index contributed by atoms with van der Waals surface area (Å²) in [6.07, 6.45) is 0.733. The number of carbonyl (C=O) groups is 1. The fourth-order valence-electron chi connectivity index (χ4n) is 2.82. The molecule has 2 aromatic rings. The standard InChI is InChI=1S/C16H18ClN3O2/c1-10-8-11(4-5-14(10)22-3)15(21)20-7-6-12-13(9-20)19(2)16(17)18-12/h4-5,8H,6-7,9H2,1-3H3. The van der Waals surface area contributed by atoms with Crippen molar-refractivity contribution >= 4 is 17.5 Å². The van der Waals surface area contributed by atoms with E-state index in [-0.39, 0.29) is 5.91 Å². The fourth-order valence-corrected chi connectivity index (χ4v) is 3.03. The quantitative estimate of drug-likeness (QED) is 0.855. The number of aromatic nitrogens is 2. The molecule has 0 fully saturated rings. The minimum atomic E-state index is 0.0220. The highest BCUT2D eigenvalue weighted by Gasteiger charge is 2.26. The molecule has 0 unspecified atom stereocenters. The van der Waals surface area contributed by atoms with Crippen LogP contribution in [0.4, 0.5) is 0 Å². The van der Waals surface area contributed by atoms with E-state index in [0.717, 1.165) is 29.1 Å². The van der Waals surface area contributed by atoms with Crippen LogP contribution in [0.15, 0.2) is 18.2 Å². The van der Waals surface area contributed by atoms with E-state index < -0.39 is 0 Å². The molecule has 0 saturated carbocycles. The van der Waals surface area contributed by atoms with E-state index in [9.17, 15) is 4.79 Å². The van der Waals surface area contributed by atoms with Crippen LogP contribution in [0.1, 0.15) is 27.3 Å². The third-order valence-electron chi connectivity index (χ3n) is 4.13. The van der Waals surface area contributed by atoms with Gasteiger partial charge >= 0.3 is 0 Å². The number of benzene rings is 1. The van der Waals surface area contributed by atoms with Crippen LogP contribution in [0, 0.1) is 6.92 Å². The maximum atomic E-state index is 12.7. The third-order valence-corrected chi connectivity index (χ3v) is 4.47. The van der Waals surface area contributed by atoms with E-state index >= 15 is 0 Å². The van der Waals surface area contributed by atoms with Crippen molar-refractivity contribution in [1.82, 2.24) is 14.5 Å². The van der Waals surface area contributed by atoms with Crippen LogP contribution in [-0.4, -0.2) is 34.0 Å². The van der Waals surface area contributed by atoms with E-state index in [1.165, 1.54) is 0 Å². The summed E-state index contributed by atoms with van der Waals surface area (Å²) in [7, 11) is 3.50. The Morgan fingerprint density at radius 3 is 2.86 bits per heavy atom. The summed E-state index contributed by atoms with van der Waals surface area (Å²) < 4.78 is 7.08. The summed E-state index contributed by atoms with van der Waals surface area (Å²) in [6.45, 7) is 3.13. The Hall–Kier alpha value is -2.01. The minimum absolute atomic E-state index is 0.0220. The van der Waals surface area contributed by atoms with Crippen molar-refractivity contribution in [2.75, 3.05) is 13.7 Å². The largest absolute Gasteiger partial charge is 0.496 e. The average molecular weight is 320 g/mol. The zero-order valence-corrected chi connectivity index (χ0v) is 13.6. The van der Waals surface area contributed by atoms with Crippen LogP contribution < -0.4 is 4.74 Å². The number of halogens is 1. The van der Waals surface area contributed by atoms with Crippen molar-refractivity contribution in [3.05, 3.63) is 46.0 Å². The number of ether oxygens (including phenoxy) is 1. The van der Waals surface area contributed by atoms with Crippen LogP contribution in [0.2, 0.25) is 5.28 Å². The predicted molar refractivity (Wildman–Crippen MR) is 84.4 cm³/mol. The summed E-state index contributed by atoms with van der Waals surface area (Å²) in [5.74, 6) is 0.810. The van der Waals surface area contributed by atoms with Gasteiger partial charge in [-0.15, -0.1) is 0 Å². The van der Waals surface area contributed by atoms with E-state index in [2.05, 4.69) is 4.98 Å². The topological polar surface area (TPSA) is 47.4 Å². The lowest BCUT2D eigenvalue weighted by Gasteiger charge is -2.27. The average Bonchev–Trinajstić information content (AvgIpc) is 2.81. The van der Waals surface area contributed by atoms with Crippen molar-refractivity contribution < 1.29 is 9.53 Å². The highest BCUT2D eigenvalue weighted by atomic mass is 35.5. The number of rotatable bonds is 2. The van der Waals surface area contributed by atoms with Crippen molar-refractivity contribution in [3.8, 4) is 5.75 Å². The molecule has 0 radical (unpaired) electrons. The van der Waals surface area contributed by atoms with Crippen molar-refractivity contribution in [2.45, 2.75) is 19.9 Å². The first-order valence-corrected chi connectivity index (χ1v) is 7.53. The van der Waals surface area contributed by atoms with Crippen molar-refractivity contribution in [3.63, 3.8) is 0 Å². The van der Waals surface area contributed by atoms with Gasteiger partial charge in [0.1, 0.15) is 5.75 Å². The molecule has 0 N–H and O–H groups in total. The predicted octanol–water partition coefficient (Wildman–Crippen LogP) is 2.59. The van der Waals surface area contributed by atoms with Gasteiger partial charge in [-0.1, -0.05) is 0 Å². The zero-order chi connectivity index (χ0) is 15.9. The number of fused-ring (bicyclic) bond motifs is 1. The van der Waals surface area contributed by atoms with Crippen LogP contribution in [-0.2, 0) is 20.0 Å². The Bertz CT molecular complexity index is 739. The van der Waals surface area contributed by atoms with Gasteiger partial charge in [0.05, 0.1) is 25.0 Å². The lowest BCUT2D eigenvalue weighted by atomic mass is 10.1. The lowest BCUT2D eigenvalue weighted by molar-refractivity contribution is 0.0730. The molecule has 1 aromatic carbocycles. The first-order chi connectivity index (χ1) is 10.5. The Kier molecular flexibility index (Phi) is 3.83. The first-order valence-electron chi connectivity index (χ1n) is 7.15. The fraction of sp³-hybridized carbons (Fsp3) is 0.375. The molecule has 1 aliphatic rings. The second-order valence-corrected chi connectivity index (χ2v) is 5.83. The van der Waals surface area contributed by atoms with Gasteiger partial charge in [-0.05, 0) is 42.3 Å². The van der Waals surface area contributed by atoms with Gasteiger partial charge in [-0.3, -0.25) is 4.79 Å². The van der Waals surface area contributed by atoms with Crippen LogP contribution >= 0.6 is 11.6 Å². The number of nitrogens with zero attached hydrogens (tertiary/aromatic N) is 3. The Labute approximate surface area is 134 Å². The summed E-state index contributed by atoms with van der Waals surface area (Å²) in [5.41, 5.74) is 3.63. The number of hydrogen-bond acceptors (Lipinski definition) is 3. The summed E-state index contributed by atoms with van der Waals surface area (Å²) >= 11 is 6.05. The van der Waals surface area contributed by atoms with Crippen LogP contribution in [0.3, 0.4) is 0 Å². The maximum Gasteiger partial charge on any atom is 0.254 e. The molecule has 1 amide bonds. The van der Waals surface area contributed by atoms with Gasteiger partial charge < -0.3 is 14.2 Å². The van der Waals surface area contributed by atoms with Crippen LogP contribution in [0.5, 0.6) is 5.75 Å². The number of hydrogen-bond donors (Lipinski definition) is 0. The van der Waals surface area contributed by atoms with Gasteiger partial charge in [0, 0.05) is 25.6 Å². The Morgan fingerprint density at radius 2 is 2.18 bits per heavy atom. The summed E-state index contributed by atoms with van der Waals surface area (Å²) in [6, 6.07) is 5.51. The molecule has 2 heterocycles. The molecule has 1 aromatic heterocycles. The number of carbonyl (C=O) groups excluding carboxylic acids is 1. The smallest absolute Gasteiger partial charge is 0.254 e. The molecule has 5 nitrogen and oxygen atoms in total. The van der Waals surface area contributed by atoms with Gasteiger partial charge in [0.15, 0.2) is 0 Å². The van der Waals surface area contributed by atoms with E-state index in [4.69, 9.17) is 16.3 Å². The van der Waals surface area contributed by atoms with E-state index in [0.29, 0.717) is 23.9 Å². The zero-order valence-electron chi connectivity index (χ0n) is 12.9. The van der Waals surface area contributed by atoms with Gasteiger partial charge in [0.25, 0.3) is 5.91 Å². The molecule has 3 rings (SSSR count). The van der Waals surface area contributed by atoms with Crippen molar-refractivity contribution in [1.29, 1.82) is 0 Å². The SMILES string of the molecule is COc1ccc(C(=O)N2CCc3nc(Cl)n(C)c3C2)cc1C. The maximum absolute atomic E-state index is 12.7. The molecule has 0 atom stereocenters. The highest BCUT2D eigenvalue weighted by Crippen LogP contribution is 2.24. The lowest BCUT2D eigenvalue weighted by Crippen LogP contribution is -2.36. The highest BCUT2D eigenvalue weighted by molar-refractivity contribution is 6.28. The molecule has 6 heteroatoms. The molecule has 1 aliphatic heterocycles. The van der Waals surface area contributed by atoms with Gasteiger partial charge in [-0.25, -0.2) is 4.98 Å². The number of amides is 1. The van der Waals surface area contributed by atoms with Gasteiger partial charge in [-0.2, -0.15) is 0 Å². The monoisotopic (exact) mass is 319 g/mol. The van der Waals surface area contributed by atoms with Crippen molar-refractivity contribution in [2.24, 2.45) is 7.05 Å². The normalized spacial score (nSPS) is 13.9. The number of aryl methyl sites for hydroxylation is 1. The summed E-state index contributed by atoms with van der Waals surface area (Å²) in [5, 5.41) is 0.472. The Balaban J connectivity index is 1.85.